The van der Waals surface area contributed by atoms with Crippen molar-refractivity contribution in [1.29, 1.82) is 0 Å². The summed E-state index contributed by atoms with van der Waals surface area (Å²) in [6, 6.07) is 8.16. The fourth-order valence-electron chi connectivity index (χ4n) is 3.33. The van der Waals surface area contributed by atoms with E-state index in [9.17, 15) is 5.11 Å². The summed E-state index contributed by atoms with van der Waals surface area (Å²) in [6.45, 7) is 11.5. The van der Waals surface area contributed by atoms with Crippen molar-refractivity contribution < 1.29 is 9.84 Å². The molecule has 0 aliphatic rings. The van der Waals surface area contributed by atoms with E-state index in [4.69, 9.17) is 14.7 Å². The van der Waals surface area contributed by atoms with Gasteiger partial charge in [0.1, 0.15) is 17.9 Å². The molecule has 2 aromatic heterocycles. The van der Waals surface area contributed by atoms with Crippen molar-refractivity contribution in [2.45, 2.75) is 59.8 Å². The summed E-state index contributed by atoms with van der Waals surface area (Å²) in [4.78, 5) is 9.80. The molecule has 5 heteroatoms. The minimum absolute atomic E-state index is 0.427. The first kappa shape index (κ1) is 18.8. The predicted molar refractivity (Wildman–Crippen MR) is 105 cm³/mol. The van der Waals surface area contributed by atoms with E-state index < -0.39 is 5.60 Å². The molecule has 0 spiro atoms. The van der Waals surface area contributed by atoms with Gasteiger partial charge in [-0.25, -0.2) is 4.98 Å². The van der Waals surface area contributed by atoms with Gasteiger partial charge in [0.05, 0.1) is 28.9 Å². The van der Waals surface area contributed by atoms with Crippen LogP contribution in [0, 0.1) is 5.92 Å². The van der Waals surface area contributed by atoms with Gasteiger partial charge in [-0.1, -0.05) is 32.0 Å². The maximum absolute atomic E-state index is 10.5. The van der Waals surface area contributed by atoms with Gasteiger partial charge >= 0.3 is 0 Å². The van der Waals surface area contributed by atoms with Gasteiger partial charge in [0.2, 0.25) is 0 Å². The molecular weight excluding hydrogens is 326 g/mol. The molecule has 3 aromatic rings. The molecule has 0 atom stereocenters. The molecule has 0 aliphatic carbocycles. The lowest BCUT2D eigenvalue weighted by molar-refractivity contribution is 0.0582. The third kappa shape index (κ3) is 3.89. The third-order valence-corrected chi connectivity index (χ3v) is 4.32. The number of ether oxygens (including phenoxy) is 1. The van der Waals surface area contributed by atoms with Crippen molar-refractivity contribution in [3.8, 4) is 0 Å². The fourth-order valence-corrected chi connectivity index (χ4v) is 3.33. The lowest BCUT2D eigenvalue weighted by Gasteiger charge is -2.21. The van der Waals surface area contributed by atoms with E-state index in [2.05, 4.69) is 24.5 Å². The number of aliphatic hydroxyl groups is 1. The molecule has 1 N–H and O–H groups in total. The number of hydrogen-bond donors (Lipinski definition) is 1. The summed E-state index contributed by atoms with van der Waals surface area (Å²) in [5, 5.41) is 11.5. The van der Waals surface area contributed by atoms with Crippen molar-refractivity contribution in [2.24, 2.45) is 5.92 Å². The van der Waals surface area contributed by atoms with Gasteiger partial charge in [-0.3, -0.25) is 4.98 Å². The second-order valence-corrected chi connectivity index (χ2v) is 7.93. The van der Waals surface area contributed by atoms with Crippen LogP contribution in [-0.4, -0.2) is 31.8 Å². The largest absolute Gasteiger partial charge is 0.389 e. The normalized spacial score (nSPS) is 12.6. The Morgan fingerprint density at radius 1 is 1.19 bits per heavy atom. The van der Waals surface area contributed by atoms with Crippen molar-refractivity contribution in [1.82, 2.24) is 14.5 Å². The summed E-state index contributed by atoms with van der Waals surface area (Å²) in [7, 11) is 0. The number of rotatable bonds is 7. The number of aromatic nitrogens is 3. The Morgan fingerprint density at radius 2 is 1.92 bits per heavy atom. The van der Waals surface area contributed by atoms with E-state index >= 15 is 0 Å². The Labute approximate surface area is 155 Å². The summed E-state index contributed by atoms with van der Waals surface area (Å²) in [5.41, 5.74) is 3.10. The van der Waals surface area contributed by atoms with Gasteiger partial charge in [-0.2, -0.15) is 0 Å². The summed E-state index contributed by atoms with van der Waals surface area (Å²) >= 11 is 0. The molecule has 0 radical (unpaired) electrons. The first-order chi connectivity index (χ1) is 12.3. The van der Waals surface area contributed by atoms with Crippen LogP contribution in [0.5, 0.6) is 0 Å². The van der Waals surface area contributed by atoms with Crippen molar-refractivity contribution in [3.63, 3.8) is 0 Å². The maximum atomic E-state index is 10.5. The van der Waals surface area contributed by atoms with Gasteiger partial charge in [0.15, 0.2) is 0 Å². The first-order valence-electron chi connectivity index (χ1n) is 9.37. The first-order valence-corrected chi connectivity index (χ1v) is 9.37. The van der Waals surface area contributed by atoms with Crippen LogP contribution in [0.2, 0.25) is 0 Å². The quantitative estimate of drug-likeness (QED) is 0.693. The molecular formula is C21H29N3O2. The van der Waals surface area contributed by atoms with Crippen LogP contribution < -0.4 is 0 Å². The molecule has 5 nitrogen and oxygen atoms in total. The molecule has 0 saturated heterocycles. The van der Waals surface area contributed by atoms with E-state index in [1.165, 1.54) is 0 Å². The van der Waals surface area contributed by atoms with Gasteiger partial charge < -0.3 is 14.4 Å². The standard InChI is InChI=1S/C21H29N3O2/c1-6-26-12-18-23-19-17(11-14(2)3)22-16-10-8-7-9-15(16)20(19)24(18)13-21(4,5)25/h7-10,14,25H,6,11-13H2,1-5H3. The monoisotopic (exact) mass is 355 g/mol. The zero-order chi connectivity index (χ0) is 18.9. The number of benzene rings is 1. The Kier molecular flexibility index (Phi) is 5.30. The lowest BCUT2D eigenvalue weighted by Crippen LogP contribution is -2.27. The highest BCUT2D eigenvalue weighted by Gasteiger charge is 2.23. The summed E-state index contributed by atoms with van der Waals surface area (Å²) in [5.74, 6) is 1.33. The van der Waals surface area contributed by atoms with Crippen molar-refractivity contribution in [3.05, 3.63) is 35.8 Å². The van der Waals surface area contributed by atoms with Crippen molar-refractivity contribution in [2.75, 3.05) is 6.61 Å². The summed E-state index contributed by atoms with van der Waals surface area (Å²) in [6.07, 6.45) is 0.870. The average Bonchev–Trinajstić information content (AvgIpc) is 2.90. The second-order valence-electron chi connectivity index (χ2n) is 7.93. The Morgan fingerprint density at radius 3 is 2.58 bits per heavy atom. The highest BCUT2D eigenvalue weighted by atomic mass is 16.5. The van der Waals surface area contributed by atoms with Crippen LogP contribution in [-0.2, 0) is 24.3 Å². The van der Waals surface area contributed by atoms with E-state index in [0.29, 0.717) is 25.7 Å². The van der Waals surface area contributed by atoms with Gasteiger partial charge in [-0.05, 0) is 39.2 Å². The third-order valence-electron chi connectivity index (χ3n) is 4.32. The number of hydrogen-bond acceptors (Lipinski definition) is 4. The van der Waals surface area contributed by atoms with Crippen LogP contribution in [0.1, 0.15) is 46.1 Å². The molecule has 0 bridgehead atoms. The molecule has 0 aliphatic heterocycles. The van der Waals surface area contributed by atoms with Crippen LogP contribution >= 0.6 is 0 Å². The SMILES string of the molecule is CCOCc1nc2c(CC(C)C)nc3ccccc3c2n1CC(C)(C)O. The van der Waals surface area contributed by atoms with Crippen LogP contribution in [0.4, 0.5) is 0 Å². The molecule has 140 valence electrons. The number of fused-ring (bicyclic) bond motifs is 3. The molecule has 0 saturated carbocycles. The molecule has 3 rings (SSSR count). The molecule has 0 unspecified atom stereocenters. The van der Waals surface area contributed by atoms with Gasteiger partial charge in [-0.15, -0.1) is 0 Å². The topological polar surface area (TPSA) is 60.2 Å². The zero-order valence-corrected chi connectivity index (χ0v) is 16.4. The predicted octanol–water partition coefficient (Wildman–Crippen LogP) is 4.09. The molecule has 1 aromatic carbocycles. The Hall–Kier alpha value is -1.98. The minimum atomic E-state index is -0.850. The number of nitrogens with zero attached hydrogens (tertiary/aromatic N) is 3. The van der Waals surface area contributed by atoms with E-state index in [1.807, 2.05) is 39.0 Å². The second kappa shape index (κ2) is 7.33. The highest BCUT2D eigenvalue weighted by molar-refractivity contribution is 6.03. The van der Waals surface area contributed by atoms with E-state index in [0.717, 1.165) is 39.9 Å². The highest BCUT2D eigenvalue weighted by Crippen LogP contribution is 2.30. The molecule has 2 heterocycles. The van der Waals surface area contributed by atoms with E-state index in [1.54, 1.807) is 0 Å². The number of pyridine rings is 1. The van der Waals surface area contributed by atoms with Crippen LogP contribution in [0.25, 0.3) is 21.9 Å². The maximum Gasteiger partial charge on any atom is 0.136 e. The Balaban J connectivity index is 2.33. The van der Waals surface area contributed by atoms with E-state index in [-0.39, 0.29) is 0 Å². The van der Waals surface area contributed by atoms with Crippen LogP contribution in [0.3, 0.4) is 0 Å². The minimum Gasteiger partial charge on any atom is -0.389 e. The Bertz CT molecular complexity index is 907. The molecule has 26 heavy (non-hydrogen) atoms. The zero-order valence-electron chi connectivity index (χ0n) is 16.4. The van der Waals surface area contributed by atoms with Gasteiger partial charge in [0, 0.05) is 12.0 Å². The molecule has 0 fully saturated rings. The molecule has 0 amide bonds. The number of imidazole rings is 1. The van der Waals surface area contributed by atoms with Crippen LogP contribution in [0.15, 0.2) is 24.3 Å². The summed E-state index contributed by atoms with van der Waals surface area (Å²) < 4.78 is 7.76. The number of para-hydroxylation sites is 1. The van der Waals surface area contributed by atoms with Crippen molar-refractivity contribution >= 4 is 21.9 Å². The van der Waals surface area contributed by atoms with Gasteiger partial charge in [0.25, 0.3) is 0 Å². The lowest BCUT2D eigenvalue weighted by atomic mass is 10.0. The smallest absolute Gasteiger partial charge is 0.136 e. The average molecular weight is 355 g/mol. The fraction of sp³-hybridized carbons (Fsp3) is 0.524.